The van der Waals surface area contributed by atoms with Gasteiger partial charge in [0.05, 0.1) is 12.9 Å². The first-order valence-electron chi connectivity index (χ1n) is 12.3. The van der Waals surface area contributed by atoms with Gasteiger partial charge in [0.2, 0.25) is 0 Å². The number of carbonyl (C=O) groups is 2. The number of esters is 2. The van der Waals surface area contributed by atoms with Gasteiger partial charge < -0.3 is 29.1 Å². The van der Waals surface area contributed by atoms with E-state index in [1.165, 1.54) is 28.6 Å². The lowest BCUT2D eigenvalue weighted by Gasteiger charge is -2.32. The van der Waals surface area contributed by atoms with Crippen LogP contribution >= 0.6 is 18.9 Å². The minimum atomic E-state index is -4.40. The molecule has 0 amide bonds. The normalized spacial score (nSPS) is 13.8. The van der Waals surface area contributed by atoms with Crippen LogP contribution < -0.4 is 0 Å². The molecule has 1 atom stereocenters. The summed E-state index contributed by atoms with van der Waals surface area (Å²) < 4.78 is 28.1. The largest absolute Gasteiger partial charge is 0.460 e. The summed E-state index contributed by atoms with van der Waals surface area (Å²) in [7, 11) is -4.40. The molecular formula is C25H37N4O9PS. The highest BCUT2D eigenvalue weighted by molar-refractivity contribution is 7.51. The van der Waals surface area contributed by atoms with Gasteiger partial charge in [-0.15, -0.1) is 0 Å². The van der Waals surface area contributed by atoms with Crippen LogP contribution in [0, 0.1) is 0 Å². The zero-order valence-corrected chi connectivity index (χ0v) is 25.4. The number of aromatic nitrogens is 4. The number of carbonyl (C=O) groups excluding carboxylic acids is 2. The maximum Gasteiger partial charge on any atom is 0.351 e. The number of thiophene rings is 1. The number of aliphatic hydroxyl groups is 1. The second-order valence-corrected chi connectivity index (χ2v) is 13.1. The van der Waals surface area contributed by atoms with E-state index in [0.717, 1.165) is 5.56 Å². The Morgan fingerprint density at radius 1 is 1.02 bits per heavy atom. The first-order chi connectivity index (χ1) is 18.4. The first-order valence-corrected chi connectivity index (χ1v) is 15.1. The lowest BCUT2D eigenvalue weighted by molar-refractivity contribution is -0.166. The van der Waals surface area contributed by atoms with Gasteiger partial charge in [-0.2, -0.15) is 11.3 Å². The number of nitrogens with zero attached hydrogens (tertiary/aromatic N) is 4. The van der Waals surface area contributed by atoms with Crippen molar-refractivity contribution < 1.29 is 43.3 Å². The first kappa shape index (κ1) is 33.5. The smallest absolute Gasteiger partial charge is 0.351 e. The molecule has 40 heavy (non-hydrogen) atoms. The maximum absolute atomic E-state index is 11.2. The average Bonchev–Trinajstić information content (AvgIpc) is 3.48. The van der Waals surface area contributed by atoms with Gasteiger partial charge in [0.1, 0.15) is 35.2 Å². The fraction of sp³-hybridized carbons (Fsp3) is 0.560. The lowest BCUT2D eigenvalue weighted by Crippen LogP contribution is -2.40. The molecule has 3 aromatic rings. The number of imidazole rings is 1. The molecule has 0 radical (unpaired) electrons. The van der Waals surface area contributed by atoms with Gasteiger partial charge in [-0.05, 0) is 59.4 Å². The topological polar surface area (TPSA) is 183 Å². The third kappa shape index (κ3) is 10.0. The van der Waals surface area contributed by atoms with Gasteiger partial charge in [0.25, 0.3) is 0 Å². The number of rotatable bonds is 9. The fourth-order valence-electron chi connectivity index (χ4n) is 3.40. The second kappa shape index (κ2) is 13.3. The molecule has 1 unspecified atom stereocenters. The molecule has 3 heterocycles. The Hall–Kier alpha value is -2.74. The van der Waals surface area contributed by atoms with E-state index in [9.17, 15) is 19.3 Å². The Bertz CT molecular complexity index is 1290. The molecule has 0 aliphatic heterocycles. The van der Waals surface area contributed by atoms with Crippen molar-refractivity contribution in [1.82, 2.24) is 19.5 Å². The van der Waals surface area contributed by atoms with Crippen LogP contribution in [0.15, 0.2) is 29.5 Å². The van der Waals surface area contributed by atoms with Crippen molar-refractivity contribution in [3.05, 3.63) is 29.5 Å². The second-order valence-electron chi connectivity index (χ2n) is 10.8. The molecule has 15 heteroatoms. The molecule has 0 bridgehead atoms. The van der Waals surface area contributed by atoms with Crippen LogP contribution in [0.3, 0.4) is 0 Å². The summed E-state index contributed by atoms with van der Waals surface area (Å²) in [6.45, 7) is 11.7. The predicted molar refractivity (Wildman–Crippen MR) is 148 cm³/mol. The van der Waals surface area contributed by atoms with Crippen molar-refractivity contribution in [2.75, 3.05) is 13.0 Å². The Kier molecular flexibility index (Phi) is 11.1. The van der Waals surface area contributed by atoms with Gasteiger partial charge in [0.15, 0.2) is 17.7 Å². The Morgan fingerprint density at radius 3 is 2.08 bits per heavy atom. The molecule has 0 spiro atoms. The minimum absolute atomic E-state index is 0.257. The molecule has 0 saturated carbocycles. The molecule has 0 fully saturated rings. The molecular weight excluding hydrogens is 563 g/mol. The number of fused-ring (bicyclic) bond motifs is 1. The summed E-state index contributed by atoms with van der Waals surface area (Å²) >= 11 is 1.53. The predicted octanol–water partition coefficient (Wildman–Crippen LogP) is 3.82. The Labute approximate surface area is 236 Å². The van der Waals surface area contributed by atoms with Crippen molar-refractivity contribution in [2.45, 2.75) is 78.2 Å². The van der Waals surface area contributed by atoms with Crippen LogP contribution in [0.5, 0.6) is 0 Å². The highest BCUT2D eigenvalue weighted by Gasteiger charge is 2.35. The SMILES string of the molecule is CC(C)(C)OC(=O)CC(=O)OC(C)(C)C.CCC(CO)(OCP(=O)(O)O)n1cnc2c(-c3ccsc3)ncnc21. The highest BCUT2D eigenvalue weighted by Crippen LogP contribution is 2.38. The standard InChI is InChI=1S/C14H17N4O5PS.C11H20O4/c1-2-14(6-19,23-9-24(20,21)22)18-8-17-12-11(10-3-4-25-5-10)15-7-16-13(12)18;1-10(2,3)14-8(12)7-9(13)15-11(4,5)6/h3-5,7-8,19H,2,6,9H2,1H3,(H2,20,21,22);7H2,1-6H3. The van der Waals surface area contributed by atoms with E-state index >= 15 is 0 Å². The highest BCUT2D eigenvalue weighted by atomic mass is 32.1. The van der Waals surface area contributed by atoms with Crippen LogP contribution in [0.4, 0.5) is 0 Å². The van der Waals surface area contributed by atoms with E-state index in [4.69, 9.17) is 24.0 Å². The summed E-state index contributed by atoms with van der Waals surface area (Å²) in [6, 6.07) is 1.91. The molecule has 0 aromatic carbocycles. The summed E-state index contributed by atoms with van der Waals surface area (Å²) in [5.41, 5.74) is -0.0495. The zero-order chi connectivity index (χ0) is 30.4. The third-order valence-electron chi connectivity index (χ3n) is 5.00. The summed E-state index contributed by atoms with van der Waals surface area (Å²) in [6.07, 6.45) is 1.92. The van der Waals surface area contributed by atoms with Gasteiger partial charge in [0, 0.05) is 10.9 Å². The van der Waals surface area contributed by atoms with Crippen molar-refractivity contribution in [1.29, 1.82) is 0 Å². The number of hydrogen-bond acceptors (Lipinski definition) is 11. The average molecular weight is 601 g/mol. The van der Waals surface area contributed by atoms with E-state index in [1.807, 2.05) is 16.8 Å². The van der Waals surface area contributed by atoms with Crippen LogP contribution in [0.25, 0.3) is 22.4 Å². The molecule has 13 nitrogen and oxygen atoms in total. The van der Waals surface area contributed by atoms with Crippen LogP contribution in [0.2, 0.25) is 0 Å². The van der Waals surface area contributed by atoms with Gasteiger partial charge in [-0.3, -0.25) is 18.7 Å². The fourth-order valence-corrected chi connectivity index (χ4v) is 4.45. The van der Waals surface area contributed by atoms with E-state index in [0.29, 0.717) is 16.9 Å². The maximum atomic E-state index is 11.2. The molecule has 3 N–H and O–H groups in total. The molecule has 3 aromatic heterocycles. The van der Waals surface area contributed by atoms with Crippen LogP contribution in [-0.4, -0.2) is 70.5 Å². The summed E-state index contributed by atoms with van der Waals surface area (Å²) in [5, 5.41) is 13.7. The summed E-state index contributed by atoms with van der Waals surface area (Å²) in [4.78, 5) is 53.5. The molecule has 0 aliphatic rings. The van der Waals surface area contributed by atoms with Crippen molar-refractivity contribution in [3.63, 3.8) is 0 Å². The van der Waals surface area contributed by atoms with E-state index in [2.05, 4.69) is 15.0 Å². The van der Waals surface area contributed by atoms with Gasteiger partial charge in [-0.25, -0.2) is 15.0 Å². The summed E-state index contributed by atoms with van der Waals surface area (Å²) in [5.74, 6) is -1.12. The van der Waals surface area contributed by atoms with Crippen LogP contribution in [-0.2, 0) is 34.1 Å². The van der Waals surface area contributed by atoms with Gasteiger partial charge in [-0.1, -0.05) is 6.92 Å². The van der Waals surface area contributed by atoms with E-state index in [1.54, 1.807) is 48.5 Å². The van der Waals surface area contributed by atoms with Crippen molar-refractivity contribution >= 4 is 42.0 Å². The Morgan fingerprint density at radius 2 is 1.62 bits per heavy atom. The molecule has 0 aliphatic carbocycles. The minimum Gasteiger partial charge on any atom is -0.460 e. The van der Waals surface area contributed by atoms with E-state index in [-0.39, 0.29) is 12.8 Å². The van der Waals surface area contributed by atoms with Gasteiger partial charge >= 0.3 is 19.5 Å². The quantitative estimate of drug-likeness (QED) is 0.184. The number of hydrogen-bond donors (Lipinski definition) is 3. The van der Waals surface area contributed by atoms with Crippen molar-refractivity contribution in [2.24, 2.45) is 0 Å². The van der Waals surface area contributed by atoms with E-state index < -0.39 is 49.4 Å². The number of aliphatic hydroxyl groups excluding tert-OH is 1. The third-order valence-corrected chi connectivity index (χ3v) is 6.15. The van der Waals surface area contributed by atoms with Crippen molar-refractivity contribution in [3.8, 4) is 11.3 Å². The monoisotopic (exact) mass is 600 g/mol. The van der Waals surface area contributed by atoms with Crippen LogP contribution in [0.1, 0.15) is 61.3 Å². The molecule has 3 rings (SSSR count). The lowest BCUT2D eigenvalue weighted by atomic mass is 10.1. The molecule has 222 valence electrons. The number of ether oxygens (including phenoxy) is 3. The molecule has 0 saturated heterocycles. The Balaban J connectivity index is 0.000000323. The zero-order valence-electron chi connectivity index (χ0n) is 23.7.